The van der Waals surface area contributed by atoms with Gasteiger partial charge in [-0.15, -0.1) is 0 Å². The highest BCUT2D eigenvalue weighted by atomic mass is 32.2. The number of hydrogen-bond donors (Lipinski definition) is 2. The highest BCUT2D eigenvalue weighted by Crippen LogP contribution is 2.24. The van der Waals surface area contributed by atoms with E-state index in [4.69, 9.17) is 0 Å². The van der Waals surface area contributed by atoms with E-state index in [2.05, 4.69) is 26.1 Å². The fraction of sp³-hybridized carbons (Fsp3) is 1.00. The van der Waals surface area contributed by atoms with E-state index in [9.17, 15) is 5.11 Å². The van der Waals surface area contributed by atoms with Crippen molar-refractivity contribution in [3.8, 4) is 0 Å². The lowest BCUT2D eigenvalue weighted by molar-refractivity contribution is 0.195. The third-order valence-corrected chi connectivity index (χ3v) is 3.35. The Morgan fingerprint density at radius 2 is 2.08 bits per heavy atom. The molecule has 0 aliphatic heterocycles. The van der Waals surface area contributed by atoms with Gasteiger partial charge in [0.2, 0.25) is 0 Å². The van der Waals surface area contributed by atoms with Crippen molar-refractivity contribution < 1.29 is 5.11 Å². The van der Waals surface area contributed by atoms with Crippen molar-refractivity contribution in [1.29, 1.82) is 0 Å². The smallest absolute Gasteiger partial charge is 0.0755 e. The number of aliphatic hydroxyl groups excluding tert-OH is 1. The standard InChI is InChI=1S/C10H21NOS/c1-10(2,3)13-7-9(12)6-11-8-4-5-8/h8-9,11-12H,4-7H2,1-3H3. The van der Waals surface area contributed by atoms with Crippen molar-refractivity contribution in [2.75, 3.05) is 12.3 Å². The van der Waals surface area contributed by atoms with Crippen LogP contribution in [-0.2, 0) is 0 Å². The van der Waals surface area contributed by atoms with Gasteiger partial charge in [-0.2, -0.15) is 11.8 Å². The van der Waals surface area contributed by atoms with Crippen LogP contribution < -0.4 is 5.32 Å². The second-order valence-electron chi connectivity index (χ2n) is 4.76. The zero-order valence-corrected chi connectivity index (χ0v) is 9.66. The molecule has 2 N–H and O–H groups in total. The predicted molar refractivity (Wildman–Crippen MR) is 59.2 cm³/mol. The summed E-state index contributed by atoms with van der Waals surface area (Å²) in [6.45, 7) is 7.30. The second kappa shape index (κ2) is 4.67. The maximum Gasteiger partial charge on any atom is 0.0755 e. The molecule has 0 aromatic carbocycles. The molecule has 0 spiro atoms. The summed E-state index contributed by atoms with van der Waals surface area (Å²) in [7, 11) is 0. The van der Waals surface area contributed by atoms with Gasteiger partial charge in [-0.1, -0.05) is 20.8 Å². The first-order valence-corrected chi connectivity index (χ1v) is 6.01. The summed E-state index contributed by atoms with van der Waals surface area (Å²) in [4.78, 5) is 0. The molecule has 0 heterocycles. The van der Waals surface area contributed by atoms with E-state index in [1.54, 1.807) is 0 Å². The minimum absolute atomic E-state index is 0.190. The maximum atomic E-state index is 9.61. The lowest BCUT2D eigenvalue weighted by atomic mass is 10.3. The van der Waals surface area contributed by atoms with Gasteiger partial charge in [-0.3, -0.25) is 0 Å². The van der Waals surface area contributed by atoms with Gasteiger partial charge in [0.1, 0.15) is 0 Å². The van der Waals surface area contributed by atoms with Gasteiger partial charge in [-0.05, 0) is 12.8 Å². The maximum absolute atomic E-state index is 9.61. The minimum atomic E-state index is -0.190. The molecule has 0 amide bonds. The topological polar surface area (TPSA) is 32.3 Å². The molecule has 1 atom stereocenters. The molecule has 0 bridgehead atoms. The molecular weight excluding hydrogens is 182 g/mol. The summed E-state index contributed by atoms with van der Waals surface area (Å²) in [5, 5.41) is 12.9. The van der Waals surface area contributed by atoms with E-state index >= 15 is 0 Å². The molecular formula is C10H21NOS. The molecule has 3 heteroatoms. The van der Waals surface area contributed by atoms with Gasteiger partial charge in [0.25, 0.3) is 0 Å². The summed E-state index contributed by atoms with van der Waals surface area (Å²) in [5.41, 5.74) is 0. The lowest BCUT2D eigenvalue weighted by Crippen LogP contribution is -2.31. The summed E-state index contributed by atoms with van der Waals surface area (Å²) in [5.74, 6) is 0.837. The fourth-order valence-electron chi connectivity index (χ4n) is 0.995. The average Bonchev–Trinajstić information content (AvgIpc) is 2.78. The zero-order chi connectivity index (χ0) is 9.90. The number of rotatable bonds is 5. The first-order valence-electron chi connectivity index (χ1n) is 5.03. The quantitative estimate of drug-likeness (QED) is 0.712. The molecule has 13 heavy (non-hydrogen) atoms. The summed E-state index contributed by atoms with van der Waals surface area (Å²) in [6, 6.07) is 0.703. The van der Waals surface area contributed by atoms with Crippen molar-refractivity contribution in [1.82, 2.24) is 5.32 Å². The SMILES string of the molecule is CC(C)(C)SCC(O)CNC1CC1. The number of nitrogens with one attached hydrogen (secondary N) is 1. The third-order valence-electron chi connectivity index (χ3n) is 1.93. The number of hydrogen-bond acceptors (Lipinski definition) is 3. The minimum Gasteiger partial charge on any atom is -0.391 e. The van der Waals surface area contributed by atoms with Crippen LogP contribution in [0.2, 0.25) is 0 Å². The Kier molecular flexibility index (Phi) is 4.07. The van der Waals surface area contributed by atoms with Crippen LogP contribution in [0.3, 0.4) is 0 Å². The van der Waals surface area contributed by atoms with E-state index in [-0.39, 0.29) is 10.9 Å². The molecule has 1 saturated carbocycles. The van der Waals surface area contributed by atoms with E-state index in [1.165, 1.54) is 12.8 Å². The van der Waals surface area contributed by atoms with Crippen molar-refractivity contribution >= 4 is 11.8 Å². The first kappa shape index (κ1) is 11.3. The Labute approximate surface area is 85.5 Å². The fourth-order valence-corrected chi connectivity index (χ4v) is 1.81. The van der Waals surface area contributed by atoms with Crippen LogP contribution in [0.4, 0.5) is 0 Å². The van der Waals surface area contributed by atoms with Gasteiger partial charge >= 0.3 is 0 Å². The van der Waals surface area contributed by atoms with Crippen LogP contribution in [0.5, 0.6) is 0 Å². The Balaban J connectivity index is 1.99. The normalized spacial score (nSPS) is 20.3. The van der Waals surface area contributed by atoms with Crippen molar-refractivity contribution in [2.24, 2.45) is 0 Å². The number of thioether (sulfide) groups is 1. The Morgan fingerprint density at radius 1 is 1.46 bits per heavy atom. The van der Waals surface area contributed by atoms with Crippen LogP contribution in [0.1, 0.15) is 33.6 Å². The lowest BCUT2D eigenvalue weighted by Gasteiger charge is -2.20. The van der Waals surface area contributed by atoms with Gasteiger partial charge in [-0.25, -0.2) is 0 Å². The van der Waals surface area contributed by atoms with Crippen molar-refractivity contribution in [3.05, 3.63) is 0 Å². The predicted octanol–water partition coefficient (Wildman–Crippen LogP) is 1.63. The molecule has 0 aromatic heterocycles. The highest BCUT2D eigenvalue weighted by molar-refractivity contribution is 8.00. The van der Waals surface area contributed by atoms with Crippen LogP contribution >= 0.6 is 11.8 Å². The van der Waals surface area contributed by atoms with Crippen LogP contribution in [0.25, 0.3) is 0 Å². The van der Waals surface area contributed by atoms with Gasteiger partial charge in [0, 0.05) is 23.1 Å². The van der Waals surface area contributed by atoms with Crippen LogP contribution in [0.15, 0.2) is 0 Å². The highest BCUT2D eigenvalue weighted by Gasteiger charge is 2.21. The molecule has 0 aromatic rings. The number of aliphatic hydroxyl groups is 1. The van der Waals surface area contributed by atoms with Crippen molar-refractivity contribution in [2.45, 2.75) is 50.5 Å². The monoisotopic (exact) mass is 203 g/mol. The zero-order valence-electron chi connectivity index (χ0n) is 8.84. The Bertz CT molecular complexity index is 151. The Morgan fingerprint density at radius 3 is 2.54 bits per heavy atom. The summed E-state index contributed by atoms with van der Waals surface area (Å²) in [6.07, 6.45) is 2.39. The largest absolute Gasteiger partial charge is 0.391 e. The summed E-state index contributed by atoms with van der Waals surface area (Å²) < 4.78 is 0.264. The van der Waals surface area contributed by atoms with E-state index in [0.717, 1.165) is 12.3 Å². The Hall–Kier alpha value is 0.270. The molecule has 1 unspecified atom stereocenters. The van der Waals surface area contributed by atoms with Crippen LogP contribution in [0, 0.1) is 0 Å². The van der Waals surface area contributed by atoms with Gasteiger partial charge < -0.3 is 10.4 Å². The van der Waals surface area contributed by atoms with E-state index in [0.29, 0.717) is 6.04 Å². The molecule has 78 valence electrons. The molecule has 2 nitrogen and oxygen atoms in total. The van der Waals surface area contributed by atoms with E-state index < -0.39 is 0 Å². The average molecular weight is 203 g/mol. The van der Waals surface area contributed by atoms with Gasteiger partial charge in [0.15, 0.2) is 0 Å². The molecule has 1 aliphatic carbocycles. The molecule has 0 saturated heterocycles. The molecule has 0 radical (unpaired) electrons. The van der Waals surface area contributed by atoms with Gasteiger partial charge in [0.05, 0.1) is 6.10 Å². The second-order valence-corrected chi connectivity index (χ2v) is 6.61. The van der Waals surface area contributed by atoms with Crippen LogP contribution in [-0.4, -0.2) is 34.3 Å². The molecule has 1 rings (SSSR count). The first-order chi connectivity index (χ1) is 5.97. The summed E-state index contributed by atoms with van der Waals surface area (Å²) >= 11 is 1.82. The molecule has 1 aliphatic rings. The third kappa shape index (κ3) is 6.36. The van der Waals surface area contributed by atoms with E-state index in [1.807, 2.05) is 11.8 Å². The molecule has 1 fully saturated rings. The van der Waals surface area contributed by atoms with Crippen molar-refractivity contribution in [3.63, 3.8) is 0 Å².